The molecule has 4 aromatic carbocycles. The van der Waals surface area contributed by atoms with Crippen LogP contribution in [-0.2, 0) is 11.2 Å². The third-order valence-corrected chi connectivity index (χ3v) is 7.14. The van der Waals surface area contributed by atoms with Crippen molar-refractivity contribution in [1.29, 1.82) is 0 Å². The first kappa shape index (κ1) is 35.2. The van der Waals surface area contributed by atoms with Gasteiger partial charge >= 0.3 is 6.09 Å². The molecule has 0 saturated heterocycles. The minimum absolute atomic E-state index is 0.149. The van der Waals surface area contributed by atoms with Crippen molar-refractivity contribution < 1.29 is 79.8 Å². The van der Waals surface area contributed by atoms with Crippen LogP contribution in [0.15, 0.2) is 30.3 Å². The predicted molar refractivity (Wildman–Crippen MR) is 132 cm³/mol. The molecule has 0 bridgehead atoms. The summed E-state index contributed by atoms with van der Waals surface area (Å²) in [5.74, 6) is -48.2. The van der Waals surface area contributed by atoms with Crippen molar-refractivity contribution in [1.82, 2.24) is 0 Å². The zero-order valence-corrected chi connectivity index (χ0v) is 23.1. The number of carbonyl (C=O) groups excluding carboxylic acids is 1. The van der Waals surface area contributed by atoms with Crippen LogP contribution in [0.2, 0.25) is 0 Å². The first-order valence-corrected chi connectivity index (χ1v) is 12.5. The van der Waals surface area contributed by atoms with Crippen LogP contribution in [0, 0.1) is 87.3 Å². The summed E-state index contributed by atoms with van der Waals surface area (Å²) in [5.41, 5.74) is -8.97. The van der Waals surface area contributed by atoms with Crippen LogP contribution in [0.25, 0.3) is 0 Å². The van der Waals surface area contributed by atoms with Crippen LogP contribution in [0.1, 0.15) is 5.56 Å². The Kier molecular flexibility index (Phi) is 9.11. The highest BCUT2D eigenvalue weighted by Crippen LogP contribution is 2.29. The number of hydrogen-bond donors (Lipinski definition) is 0. The van der Waals surface area contributed by atoms with E-state index in [0.717, 1.165) is 14.1 Å². The van der Waals surface area contributed by atoms with E-state index in [-0.39, 0.29) is 5.56 Å². The van der Waals surface area contributed by atoms with E-state index in [2.05, 4.69) is 0 Å². The topological polar surface area (TPSA) is 26.3 Å². The molecule has 0 aliphatic heterocycles. The molecule has 0 radical (unpaired) electrons. The van der Waals surface area contributed by atoms with Gasteiger partial charge in [-0.05, 0) is 0 Å². The lowest BCUT2D eigenvalue weighted by Gasteiger charge is -2.45. The van der Waals surface area contributed by atoms with Gasteiger partial charge < -0.3 is 4.65 Å². The Bertz CT molecular complexity index is 1700. The van der Waals surface area contributed by atoms with Gasteiger partial charge in [0.25, 0.3) is 6.35 Å². The van der Waals surface area contributed by atoms with E-state index in [9.17, 15) is 44.3 Å². The minimum atomic E-state index is -6.47. The van der Waals surface area contributed by atoms with E-state index >= 15 is 26.3 Å². The minimum Gasteiger partial charge on any atom is -0.630 e. The lowest BCUT2D eigenvalue weighted by Crippen LogP contribution is -2.76. The number of hydrogen-bond acceptors (Lipinski definition) is 2. The van der Waals surface area contributed by atoms with E-state index in [0.29, 0.717) is 0 Å². The zero-order chi connectivity index (χ0) is 35.5. The van der Waals surface area contributed by atoms with E-state index < -0.39 is 127 Å². The van der Waals surface area contributed by atoms with Crippen molar-refractivity contribution in [2.75, 3.05) is 14.1 Å². The zero-order valence-electron chi connectivity index (χ0n) is 23.1. The van der Waals surface area contributed by atoms with Gasteiger partial charge in [0.1, 0.15) is 41.4 Å². The fourth-order valence-electron chi connectivity index (χ4n) is 4.94. The molecule has 0 heterocycles. The van der Waals surface area contributed by atoms with Crippen LogP contribution < -0.4 is 16.4 Å². The molecule has 19 heteroatoms. The van der Waals surface area contributed by atoms with Gasteiger partial charge in [-0.1, -0.05) is 46.7 Å². The molecular formula is C28H13BF15NO2. The Morgan fingerprint density at radius 3 is 1.02 bits per heavy atom. The lowest BCUT2D eigenvalue weighted by atomic mass is 9.27. The first-order valence-electron chi connectivity index (χ1n) is 12.5. The Morgan fingerprint density at radius 2 is 0.745 bits per heavy atom. The van der Waals surface area contributed by atoms with Crippen molar-refractivity contribution in [2.45, 2.75) is 6.54 Å². The van der Waals surface area contributed by atoms with Gasteiger partial charge in [-0.25, -0.2) is 70.3 Å². The molecule has 0 atom stereocenters. The molecule has 1 amide bonds. The quantitative estimate of drug-likeness (QED) is 0.0798. The van der Waals surface area contributed by atoms with Gasteiger partial charge in [0, 0.05) is 5.56 Å². The molecule has 0 spiro atoms. The summed E-state index contributed by atoms with van der Waals surface area (Å²) in [7, 11) is 1.59. The average molecular weight is 691 g/mol. The molecule has 3 nitrogen and oxygen atoms in total. The van der Waals surface area contributed by atoms with Gasteiger partial charge in [-0.3, -0.25) is 0 Å². The standard InChI is InChI=1S/C28H13BF15NO2/c1-45(2,8-9-6-4-3-5-7-9)28(46)47-29(10-13(30)19(36)25(42)20(37)14(10)31,11-15(32)21(38)26(43)22(39)16(11)33)12-17(34)23(40)27(44)24(41)18(12)35/h3-7H,8H2,1-2H3. The summed E-state index contributed by atoms with van der Waals surface area (Å²) < 4.78 is 226. The summed E-state index contributed by atoms with van der Waals surface area (Å²) in [6.45, 7) is -0.656. The average Bonchev–Trinajstić information content (AvgIpc) is 3.03. The van der Waals surface area contributed by atoms with Gasteiger partial charge in [0.2, 0.25) is 0 Å². The van der Waals surface area contributed by atoms with Crippen LogP contribution >= 0.6 is 0 Å². The van der Waals surface area contributed by atoms with Gasteiger partial charge in [0.15, 0.2) is 52.4 Å². The Labute approximate surface area is 252 Å². The molecule has 0 aliphatic carbocycles. The molecule has 250 valence electrons. The number of quaternary nitrogens is 1. The van der Waals surface area contributed by atoms with E-state index in [1.54, 1.807) is 0 Å². The summed E-state index contributed by atoms with van der Waals surface area (Å²) >= 11 is 0. The van der Waals surface area contributed by atoms with Gasteiger partial charge in [-0.2, -0.15) is 4.79 Å². The smallest absolute Gasteiger partial charge is 0.468 e. The van der Waals surface area contributed by atoms with Crippen LogP contribution in [0.3, 0.4) is 0 Å². The molecule has 47 heavy (non-hydrogen) atoms. The van der Waals surface area contributed by atoms with Crippen molar-refractivity contribution in [3.63, 3.8) is 0 Å². The highest BCUT2D eigenvalue weighted by molar-refractivity contribution is 7.08. The van der Waals surface area contributed by atoms with Crippen molar-refractivity contribution in [3.05, 3.63) is 123 Å². The predicted octanol–water partition coefficient (Wildman–Crippen LogP) is 6.15. The second-order valence-corrected chi connectivity index (χ2v) is 10.4. The molecule has 0 aromatic heterocycles. The Balaban J connectivity index is 2.35. The second kappa shape index (κ2) is 12.2. The third kappa shape index (κ3) is 5.35. The van der Waals surface area contributed by atoms with E-state index in [1.165, 1.54) is 30.3 Å². The lowest BCUT2D eigenvalue weighted by molar-refractivity contribution is -0.829. The van der Waals surface area contributed by atoms with Crippen LogP contribution in [-0.4, -0.2) is 31.0 Å². The molecule has 0 fully saturated rings. The van der Waals surface area contributed by atoms with E-state index in [4.69, 9.17) is 4.65 Å². The third-order valence-electron chi connectivity index (χ3n) is 7.14. The summed E-state index contributed by atoms with van der Waals surface area (Å²) in [6.07, 6.45) is -8.72. The van der Waals surface area contributed by atoms with E-state index in [1.807, 2.05) is 0 Å². The molecular weight excluding hydrogens is 678 g/mol. The summed E-state index contributed by atoms with van der Waals surface area (Å²) in [5, 5.41) is 0. The van der Waals surface area contributed by atoms with Crippen molar-refractivity contribution in [3.8, 4) is 0 Å². The molecule has 0 unspecified atom stereocenters. The van der Waals surface area contributed by atoms with Crippen LogP contribution in [0.5, 0.6) is 0 Å². The Morgan fingerprint density at radius 1 is 0.489 bits per heavy atom. The summed E-state index contributed by atoms with van der Waals surface area (Å²) in [6, 6.07) is 6.85. The largest absolute Gasteiger partial charge is 0.630 e. The Hall–Kier alpha value is -4.68. The SMILES string of the molecule is C[N+](C)(Cc1ccccc1)C(=O)O[B-](c1c(F)c(F)c(F)c(F)c1F)(c1c(F)c(F)c(F)c(F)c1F)c1c(F)c(F)c(F)c(F)c1F. The fourth-order valence-corrected chi connectivity index (χ4v) is 4.94. The molecule has 4 aromatic rings. The second-order valence-electron chi connectivity index (χ2n) is 10.4. The summed E-state index contributed by atoms with van der Waals surface area (Å²) in [4.78, 5) is 13.6. The van der Waals surface area contributed by atoms with Gasteiger partial charge in [0.05, 0.1) is 14.1 Å². The maximum Gasteiger partial charge on any atom is 0.468 e. The fraction of sp³-hybridized carbons (Fsp3) is 0.107. The maximum absolute atomic E-state index is 15.5. The molecule has 0 saturated carbocycles. The number of amides is 1. The number of halogens is 15. The van der Waals surface area contributed by atoms with Gasteiger partial charge in [-0.15, -0.1) is 0 Å². The highest BCUT2D eigenvalue weighted by atomic mass is 19.2. The molecule has 0 aliphatic rings. The number of nitrogens with zero attached hydrogens (tertiary/aromatic N) is 1. The maximum atomic E-state index is 15.5. The molecule has 0 N–H and O–H groups in total. The van der Waals surface area contributed by atoms with Crippen molar-refractivity contribution in [2.24, 2.45) is 0 Å². The number of rotatable bonds is 6. The van der Waals surface area contributed by atoms with Crippen molar-refractivity contribution >= 4 is 28.8 Å². The molecule has 4 rings (SSSR count). The number of benzene rings is 4. The normalized spacial score (nSPS) is 12.1. The monoisotopic (exact) mass is 691 g/mol. The highest BCUT2D eigenvalue weighted by Gasteiger charge is 2.53. The number of carbonyl (C=O) groups is 1. The first-order chi connectivity index (χ1) is 21.7. The van der Waals surface area contributed by atoms with Crippen LogP contribution in [0.4, 0.5) is 70.7 Å².